The molecule has 1 aromatic rings. The number of hydrogen-bond donors (Lipinski definition) is 1. The van der Waals surface area contributed by atoms with E-state index in [2.05, 4.69) is 29.6 Å². The van der Waals surface area contributed by atoms with E-state index in [0.29, 0.717) is 12.7 Å². The van der Waals surface area contributed by atoms with Crippen LogP contribution in [-0.2, 0) is 16.1 Å². The molecule has 2 aliphatic rings. The molecule has 2 aliphatic heterocycles. The normalized spacial score (nSPS) is 25.8. The second-order valence-electron chi connectivity index (χ2n) is 5.71. The smallest absolute Gasteiger partial charge is 0.0817 e. The van der Waals surface area contributed by atoms with Crippen LogP contribution in [-0.4, -0.2) is 31.4 Å². The Hall–Kier alpha value is -0.900. The molecule has 1 atom stereocenters. The Morgan fingerprint density at radius 1 is 1.16 bits per heavy atom. The molecule has 0 radical (unpaired) electrons. The zero-order valence-corrected chi connectivity index (χ0v) is 11.4. The lowest BCUT2D eigenvalue weighted by molar-refractivity contribution is -0.0867. The lowest BCUT2D eigenvalue weighted by Crippen LogP contribution is -2.42. The van der Waals surface area contributed by atoms with Crippen molar-refractivity contribution in [1.29, 1.82) is 0 Å². The van der Waals surface area contributed by atoms with Crippen LogP contribution in [0, 0.1) is 0 Å². The fraction of sp³-hybridized carbons (Fsp3) is 0.625. The minimum Gasteiger partial charge on any atom is -0.374 e. The summed E-state index contributed by atoms with van der Waals surface area (Å²) in [5.41, 5.74) is 1.39. The first kappa shape index (κ1) is 13.1. The number of piperidine rings is 1. The fourth-order valence-electron chi connectivity index (χ4n) is 3.15. The van der Waals surface area contributed by atoms with Crippen molar-refractivity contribution in [2.45, 2.75) is 44.0 Å². The number of ether oxygens (including phenoxy) is 2. The van der Waals surface area contributed by atoms with Gasteiger partial charge in [0.05, 0.1) is 24.9 Å². The van der Waals surface area contributed by atoms with E-state index in [1.807, 2.05) is 6.07 Å². The third-order valence-corrected chi connectivity index (χ3v) is 4.27. The average Bonchev–Trinajstić information content (AvgIpc) is 2.84. The second kappa shape index (κ2) is 6.04. The van der Waals surface area contributed by atoms with Crippen molar-refractivity contribution < 1.29 is 9.47 Å². The van der Waals surface area contributed by atoms with E-state index >= 15 is 0 Å². The first-order valence-electron chi connectivity index (χ1n) is 7.37. The first-order chi connectivity index (χ1) is 9.36. The van der Waals surface area contributed by atoms with Crippen molar-refractivity contribution in [3.8, 4) is 0 Å². The Kier molecular flexibility index (Phi) is 4.16. The molecular formula is C16H23NO2. The van der Waals surface area contributed by atoms with Crippen LogP contribution in [0.1, 0.15) is 31.2 Å². The van der Waals surface area contributed by atoms with Gasteiger partial charge >= 0.3 is 0 Å². The maximum absolute atomic E-state index is 6.26. The molecule has 3 rings (SSSR count). The molecule has 2 saturated heterocycles. The summed E-state index contributed by atoms with van der Waals surface area (Å²) in [6, 6.07) is 10.3. The summed E-state index contributed by atoms with van der Waals surface area (Å²) in [7, 11) is 0. The van der Waals surface area contributed by atoms with Crippen LogP contribution in [0.5, 0.6) is 0 Å². The molecule has 1 unspecified atom stereocenters. The Morgan fingerprint density at radius 2 is 1.95 bits per heavy atom. The van der Waals surface area contributed by atoms with Crippen molar-refractivity contribution in [3.63, 3.8) is 0 Å². The zero-order valence-electron chi connectivity index (χ0n) is 11.4. The molecule has 0 saturated carbocycles. The summed E-state index contributed by atoms with van der Waals surface area (Å²) >= 11 is 0. The quantitative estimate of drug-likeness (QED) is 0.903. The SMILES string of the molecule is c1ccc(COCC2CCC3(CCNCC3)O2)cc1. The van der Waals surface area contributed by atoms with Crippen LogP contribution in [0.3, 0.4) is 0 Å². The highest BCUT2D eigenvalue weighted by atomic mass is 16.6. The van der Waals surface area contributed by atoms with E-state index in [4.69, 9.17) is 9.47 Å². The highest BCUT2D eigenvalue weighted by Crippen LogP contribution is 2.37. The maximum Gasteiger partial charge on any atom is 0.0817 e. The minimum atomic E-state index is 0.159. The summed E-state index contributed by atoms with van der Waals surface area (Å²) in [5, 5.41) is 3.40. The first-order valence-corrected chi connectivity index (χ1v) is 7.37. The number of hydrogen-bond acceptors (Lipinski definition) is 3. The Labute approximate surface area is 115 Å². The average molecular weight is 261 g/mol. The lowest BCUT2D eigenvalue weighted by atomic mass is 9.89. The number of nitrogens with one attached hydrogen (secondary N) is 1. The van der Waals surface area contributed by atoms with Crippen LogP contribution in [0.15, 0.2) is 30.3 Å². The molecule has 2 fully saturated rings. The van der Waals surface area contributed by atoms with Gasteiger partial charge in [0, 0.05) is 0 Å². The van der Waals surface area contributed by atoms with E-state index in [9.17, 15) is 0 Å². The van der Waals surface area contributed by atoms with Gasteiger partial charge < -0.3 is 14.8 Å². The third-order valence-electron chi connectivity index (χ3n) is 4.27. The van der Waals surface area contributed by atoms with Crippen molar-refractivity contribution in [1.82, 2.24) is 5.32 Å². The number of benzene rings is 1. The van der Waals surface area contributed by atoms with Gasteiger partial charge in [0.15, 0.2) is 0 Å². The van der Waals surface area contributed by atoms with E-state index in [1.54, 1.807) is 0 Å². The molecule has 1 aromatic carbocycles. The lowest BCUT2D eigenvalue weighted by Gasteiger charge is -2.33. The molecule has 2 heterocycles. The molecule has 0 amide bonds. The predicted molar refractivity (Wildman–Crippen MR) is 75.0 cm³/mol. The molecule has 3 heteroatoms. The molecule has 1 spiro atoms. The molecule has 19 heavy (non-hydrogen) atoms. The van der Waals surface area contributed by atoms with Gasteiger partial charge in [-0.05, 0) is 44.3 Å². The molecule has 0 bridgehead atoms. The van der Waals surface area contributed by atoms with Crippen molar-refractivity contribution >= 4 is 0 Å². The molecule has 0 aliphatic carbocycles. The van der Waals surface area contributed by atoms with Crippen LogP contribution in [0.4, 0.5) is 0 Å². The van der Waals surface area contributed by atoms with Crippen LogP contribution < -0.4 is 5.32 Å². The summed E-state index contributed by atoms with van der Waals surface area (Å²) in [5.74, 6) is 0. The van der Waals surface area contributed by atoms with Gasteiger partial charge in [-0.1, -0.05) is 30.3 Å². The highest BCUT2D eigenvalue weighted by Gasteiger charge is 2.40. The number of rotatable bonds is 4. The Balaban J connectivity index is 1.42. The molecule has 104 valence electrons. The monoisotopic (exact) mass is 261 g/mol. The van der Waals surface area contributed by atoms with Gasteiger partial charge in [0.2, 0.25) is 0 Å². The maximum atomic E-state index is 6.26. The van der Waals surface area contributed by atoms with E-state index in [0.717, 1.165) is 39.0 Å². The van der Waals surface area contributed by atoms with Crippen LogP contribution in [0.25, 0.3) is 0 Å². The summed E-state index contributed by atoms with van der Waals surface area (Å²) < 4.78 is 12.1. The van der Waals surface area contributed by atoms with Gasteiger partial charge in [-0.3, -0.25) is 0 Å². The highest BCUT2D eigenvalue weighted by molar-refractivity contribution is 5.13. The van der Waals surface area contributed by atoms with Gasteiger partial charge in [-0.25, -0.2) is 0 Å². The molecule has 1 N–H and O–H groups in total. The van der Waals surface area contributed by atoms with Gasteiger partial charge in [0.1, 0.15) is 0 Å². The van der Waals surface area contributed by atoms with Crippen molar-refractivity contribution in [3.05, 3.63) is 35.9 Å². The van der Waals surface area contributed by atoms with Crippen LogP contribution in [0.2, 0.25) is 0 Å². The summed E-state index contributed by atoms with van der Waals surface area (Å²) in [6.07, 6.45) is 4.95. The van der Waals surface area contributed by atoms with Gasteiger partial charge in [0.25, 0.3) is 0 Å². The van der Waals surface area contributed by atoms with Crippen molar-refractivity contribution in [2.24, 2.45) is 0 Å². The second-order valence-corrected chi connectivity index (χ2v) is 5.71. The van der Waals surface area contributed by atoms with E-state index < -0.39 is 0 Å². The Bertz CT molecular complexity index is 387. The Morgan fingerprint density at radius 3 is 2.74 bits per heavy atom. The topological polar surface area (TPSA) is 30.5 Å². The van der Waals surface area contributed by atoms with Crippen molar-refractivity contribution in [2.75, 3.05) is 19.7 Å². The van der Waals surface area contributed by atoms with Crippen LogP contribution >= 0.6 is 0 Å². The molecule has 0 aromatic heterocycles. The van der Waals surface area contributed by atoms with E-state index in [-0.39, 0.29) is 5.60 Å². The zero-order chi connectivity index (χ0) is 13.0. The predicted octanol–water partition coefficient (Wildman–Crippen LogP) is 2.50. The largest absolute Gasteiger partial charge is 0.374 e. The van der Waals surface area contributed by atoms with Gasteiger partial charge in [-0.15, -0.1) is 0 Å². The standard InChI is InChI=1S/C16H23NO2/c1-2-4-14(5-3-1)12-18-13-15-6-7-16(19-15)8-10-17-11-9-16/h1-5,15,17H,6-13H2. The minimum absolute atomic E-state index is 0.159. The molecule has 3 nitrogen and oxygen atoms in total. The molecular weight excluding hydrogens is 238 g/mol. The van der Waals surface area contributed by atoms with E-state index in [1.165, 1.54) is 12.0 Å². The summed E-state index contributed by atoms with van der Waals surface area (Å²) in [4.78, 5) is 0. The van der Waals surface area contributed by atoms with Gasteiger partial charge in [-0.2, -0.15) is 0 Å². The third kappa shape index (κ3) is 3.35. The summed E-state index contributed by atoms with van der Waals surface area (Å²) in [6.45, 7) is 3.61. The fourth-order valence-corrected chi connectivity index (χ4v) is 3.15.